The minimum atomic E-state index is 0. The second kappa shape index (κ2) is 4.83. The highest BCUT2D eigenvalue weighted by molar-refractivity contribution is 4.84. The van der Waals surface area contributed by atoms with E-state index in [-0.39, 0.29) is 1.43 Å². The van der Waals surface area contributed by atoms with Gasteiger partial charge in [0.2, 0.25) is 0 Å². The van der Waals surface area contributed by atoms with Crippen molar-refractivity contribution in [3.8, 4) is 0 Å². The smallest absolute Gasteiger partial charge is 0.0246 e. The van der Waals surface area contributed by atoms with Crippen molar-refractivity contribution in [1.82, 2.24) is 4.90 Å². The number of likely N-dealkylation sites (N-methyl/N-ethyl adjacent to an activating group) is 1. The SMILES string of the molecule is CCN(CC)[C@H]1CCCC[C@@H]1N.[HH]. The van der Waals surface area contributed by atoms with Crippen molar-refractivity contribution in [2.24, 2.45) is 5.73 Å². The van der Waals surface area contributed by atoms with Crippen molar-refractivity contribution in [3.05, 3.63) is 0 Å². The fraction of sp³-hybridized carbons (Fsp3) is 1.00. The molecule has 0 bridgehead atoms. The Hall–Kier alpha value is -0.0800. The third-order valence-electron chi connectivity index (χ3n) is 3.06. The summed E-state index contributed by atoms with van der Waals surface area (Å²) >= 11 is 0. The monoisotopic (exact) mass is 172 g/mol. The molecule has 0 heterocycles. The molecule has 74 valence electrons. The van der Waals surface area contributed by atoms with Gasteiger partial charge in [0.05, 0.1) is 0 Å². The molecule has 0 saturated heterocycles. The summed E-state index contributed by atoms with van der Waals surface area (Å²) in [5.41, 5.74) is 6.09. The Morgan fingerprint density at radius 3 is 2.33 bits per heavy atom. The van der Waals surface area contributed by atoms with Gasteiger partial charge in [-0.2, -0.15) is 0 Å². The van der Waals surface area contributed by atoms with Gasteiger partial charge < -0.3 is 5.73 Å². The lowest BCUT2D eigenvalue weighted by atomic mass is 9.90. The molecule has 2 N–H and O–H groups in total. The summed E-state index contributed by atoms with van der Waals surface area (Å²) in [4.78, 5) is 2.50. The highest BCUT2D eigenvalue weighted by Gasteiger charge is 2.25. The molecule has 1 fully saturated rings. The number of rotatable bonds is 3. The van der Waals surface area contributed by atoms with Crippen LogP contribution in [0.25, 0.3) is 0 Å². The van der Waals surface area contributed by atoms with Gasteiger partial charge in [-0.1, -0.05) is 26.7 Å². The zero-order valence-electron chi connectivity index (χ0n) is 8.42. The first-order valence-corrected chi connectivity index (χ1v) is 5.29. The zero-order valence-corrected chi connectivity index (χ0v) is 8.42. The molecule has 0 aromatic heterocycles. The van der Waals surface area contributed by atoms with Crippen molar-refractivity contribution in [2.45, 2.75) is 51.6 Å². The summed E-state index contributed by atoms with van der Waals surface area (Å²) in [6, 6.07) is 1.09. The van der Waals surface area contributed by atoms with Crippen molar-refractivity contribution in [3.63, 3.8) is 0 Å². The Morgan fingerprint density at radius 2 is 1.83 bits per heavy atom. The van der Waals surface area contributed by atoms with E-state index >= 15 is 0 Å². The molecular weight excluding hydrogens is 148 g/mol. The summed E-state index contributed by atoms with van der Waals surface area (Å²) in [7, 11) is 0. The Kier molecular flexibility index (Phi) is 4.02. The summed E-state index contributed by atoms with van der Waals surface area (Å²) in [5, 5.41) is 0. The summed E-state index contributed by atoms with van der Waals surface area (Å²) in [5.74, 6) is 0. The molecule has 1 rings (SSSR count). The molecule has 2 nitrogen and oxygen atoms in total. The third kappa shape index (κ3) is 2.20. The van der Waals surface area contributed by atoms with Gasteiger partial charge in [0.15, 0.2) is 0 Å². The second-order valence-electron chi connectivity index (χ2n) is 3.74. The molecule has 1 saturated carbocycles. The lowest BCUT2D eigenvalue weighted by Crippen LogP contribution is -2.49. The van der Waals surface area contributed by atoms with E-state index in [2.05, 4.69) is 18.7 Å². The van der Waals surface area contributed by atoms with Gasteiger partial charge in [-0.15, -0.1) is 0 Å². The molecule has 2 atom stereocenters. The number of hydrogen-bond acceptors (Lipinski definition) is 2. The molecule has 0 aliphatic heterocycles. The molecule has 0 aromatic rings. The molecule has 12 heavy (non-hydrogen) atoms. The van der Waals surface area contributed by atoms with Crippen LogP contribution < -0.4 is 5.73 Å². The summed E-state index contributed by atoms with van der Waals surface area (Å²) < 4.78 is 0. The average molecular weight is 172 g/mol. The van der Waals surface area contributed by atoms with Crippen LogP contribution in [0.1, 0.15) is 41.0 Å². The van der Waals surface area contributed by atoms with E-state index in [0.29, 0.717) is 12.1 Å². The van der Waals surface area contributed by atoms with Gasteiger partial charge in [-0.05, 0) is 25.9 Å². The Bertz CT molecular complexity index is 126. The number of nitrogens with zero attached hydrogens (tertiary/aromatic N) is 1. The molecule has 1 aliphatic carbocycles. The van der Waals surface area contributed by atoms with E-state index in [9.17, 15) is 0 Å². The fourth-order valence-electron chi connectivity index (χ4n) is 2.29. The Balaban J connectivity index is 0.00000144. The van der Waals surface area contributed by atoms with Crippen molar-refractivity contribution in [2.75, 3.05) is 13.1 Å². The van der Waals surface area contributed by atoms with Gasteiger partial charge in [0, 0.05) is 13.5 Å². The van der Waals surface area contributed by atoms with Crippen LogP contribution in [0.4, 0.5) is 0 Å². The molecular formula is C10H24N2. The maximum Gasteiger partial charge on any atom is 0.0246 e. The quantitative estimate of drug-likeness (QED) is 0.704. The van der Waals surface area contributed by atoms with Crippen molar-refractivity contribution >= 4 is 0 Å². The minimum absolute atomic E-state index is 0. The number of hydrogen-bond donors (Lipinski definition) is 1. The highest BCUT2D eigenvalue weighted by Crippen LogP contribution is 2.21. The largest absolute Gasteiger partial charge is 0.326 e. The van der Waals surface area contributed by atoms with E-state index in [4.69, 9.17) is 5.73 Å². The van der Waals surface area contributed by atoms with E-state index in [1.165, 1.54) is 25.7 Å². The second-order valence-corrected chi connectivity index (χ2v) is 3.74. The molecule has 2 heteroatoms. The number of nitrogens with two attached hydrogens (primary N) is 1. The van der Waals surface area contributed by atoms with E-state index in [1.807, 2.05) is 0 Å². The van der Waals surface area contributed by atoms with Gasteiger partial charge in [-0.3, -0.25) is 4.90 Å². The van der Waals surface area contributed by atoms with Crippen LogP contribution in [0.5, 0.6) is 0 Å². The van der Waals surface area contributed by atoms with Crippen LogP contribution >= 0.6 is 0 Å². The summed E-state index contributed by atoms with van der Waals surface area (Å²) in [6.45, 7) is 6.75. The van der Waals surface area contributed by atoms with Gasteiger partial charge in [0.1, 0.15) is 0 Å². The maximum atomic E-state index is 6.09. The first-order chi connectivity index (χ1) is 5.79. The highest BCUT2D eigenvalue weighted by atomic mass is 15.2. The lowest BCUT2D eigenvalue weighted by Gasteiger charge is -2.37. The van der Waals surface area contributed by atoms with Crippen molar-refractivity contribution in [1.29, 1.82) is 0 Å². The van der Waals surface area contributed by atoms with Gasteiger partial charge in [-0.25, -0.2) is 0 Å². The van der Waals surface area contributed by atoms with Gasteiger partial charge in [0.25, 0.3) is 0 Å². The van der Waals surface area contributed by atoms with Crippen LogP contribution in [0.2, 0.25) is 0 Å². The predicted molar refractivity (Wildman–Crippen MR) is 55.3 cm³/mol. The first-order valence-electron chi connectivity index (χ1n) is 5.29. The standard InChI is InChI=1S/C10H22N2.H2/c1-3-12(4-2)10-8-6-5-7-9(10)11;/h9-10H,3-8,11H2,1-2H3;1H/t9-,10-;/m0./s1. The van der Waals surface area contributed by atoms with E-state index in [1.54, 1.807) is 0 Å². The van der Waals surface area contributed by atoms with Crippen LogP contribution in [0.15, 0.2) is 0 Å². The van der Waals surface area contributed by atoms with Crippen LogP contribution in [-0.2, 0) is 0 Å². The van der Waals surface area contributed by atoms with E-state index in [0.717, 1.165) is 13.1 Å². The molecule has 0 spiro atoms. The van der Waals surface area contributed by atoms with E-state index < -0.39 is 0 Å². The molecule has 0 amide bonds. The van der Waals surface area contributed by atoms with Crippen LogP contribution in [0.3, 0.4) is 0 Å². The Morgan fingerprint density at radius 1 is 1.25 bits per heavy atom. The lowest BCUT2D eigenvalue weighted by molar-refractivity contribution is 0.151. The minimum Gasteiger partial charge on any atom is -0.326 e. The topological polar surface area (TPSA) is 29.3 Å². The fourth-order valence-corrected chi connectivity index (χ4v) is 2.29. The molecule has 1 aliphatic rings. The van der Waals surface area contributed by atoms with Gasteiger partial charge >= 0.3 is 0 Å². The molecule has 0 unspecified atom stereocenters. The third-order valence-corrected chi connectivity index (χ3v) is 3.06. The average Bonchev–Trinajstić information content (AvgIpc) is 2.10. The van der Waals surface area contributed by atoms with Crippen molar-refractivity contribution < 1.29 is 1.43 Å². The van der Waals surface area contributed by atoms with Crippen LogP contribution in [0, 0.1) is 0 Å². The Labute approximate surface area is 77.6 Å². The zero-order chi connectivity index (χ0) is 8.97. The molecule has 0 aromatic carbocycles. The summed E-state index contributed by atoms with van der Waals surface area (Å²) in [6.07, 6.45) is 5.23. The maximum absolute atomic E-state index is 6.09. The first kappa shape index (κ1) is 10.0. The molecule has 0 radical (unpaired) electrons. The predicted octanol–water partition coefficient (Wildman–Crippen LogP) is 1.84. The van der Waals surface area contributed by atoms with Crippen LogP contribution in [-0.4, -0.2) is 30.1 Å². The normalized spacial score (nSPS) is 31.0.